The van der Waals surface area contributed by atoms with Crippen LogP contribution in [-0.4, -0.2) is 17.6 Å². The summed E-state index contributed by atoms with van der Waals surface area (Å²) in [6.45, 7) is 3.88. The molecule has 1 aliphatic rings. The van der Waals surface area contributed by atoms with E-state index in [0.29, 0.717) is 11.8 Å². The third-order valence-electron chi connectivity index (χ3n) is 2.97. The van der Waals surface area contributed by atoms with Crippen molar-refractivity contribution in [1.29, 1.82) is 0 Å². The molecule has 2 N–H and O–H groups in total. The molecule has 0 spiro atoms. The highest BCUT2D eigenvalue weighted by Gasteiger charge is 2.29. The molecular weight excluding hydrogens is 196 g/mol. The summed E-state index contributed by atoms with van der Waals surface area (Å²) in [5, 5.41) is 1.99. The number of aromatic nitrogens is 1. The van der Waals surface area contributed by atoms with Gasteiger partial charge >= 0.3 is 0 Å². The second-order valence-electron chi connectivity index (χ2n) is 3.95. The van der Waals surface area contributed by atoms with Gasteiger partial charge in [0.1, 0.15) is 0 Å². The molecular formula is C10H16N2OS. The van der Waals surface area contributed by atoms with Crippen molar-refractivity contribution in [2.24, 2.45) is 17.6 Å². The zero-order chi connectivity index (χ0) is 9.97. The average Bonchev–Trinajstić information content (AvgIpc) is 2.70. The van der Waals surface area contributed by atoms with E-state index in [0.717, 1.165) is 25.3 Å². The van der Waals surface area contributed by atoms with Crippen molar-refractivity contribution in [3.05, 3.63) is 17.1 Å². The fourth-order valence-corrected chi connectivity index (χ4v) is 2.61. The molecule has 3 atom stereocenters. The molecule has 1 aromatic heterocycles. The van der Waals surface area contributed by atoms with E-state index in [9.17, 15) is 0 Å². The first-order chi connectivity index (χ1) is 6.79. The van der Waals surface area contributed by atoms with Crippen LogP contribution in [0.15, 0.2) is 11.4 Å². The molecule has 78 valence electrons. The predicted octanol–water partition coefficient (Wildman–Crippen LogP) is 1.82. The first-order valence-electron chi connectivity index (χ1n) is 5.02. The zero-order valence-electron chi connectivity index (χ0n) is 8.35. The summed E-state index contributed by atoms with van der Waals surface area (Å²) in [7, 11) is 0. The van der Waals surface area contributed by atoms with Gasteiger partial charge in [-0.05, 0) is 35.9 Å². The molecule has 2 heterocycles. The van der Waals surface area contributed by atoms with E-state index in [1.807, 2.05) is 11.4 Å². The number of hydrogen-bond acceptors (Lipinski definition) is 4. The maximum absolute atomic E-state index is 6.19. The number of nitrogens with zero attached hydrogens (tertiary/aromatic N) is 1. The van der Waals surface area contributed by atoms with E-state index in [4.69, 9.17) is 10.5 Å². The van der Waals surface area contributed by atoms with Crippen LogP contribution in [0.1, 0.15) is 25.1 Å². The van der Waals surface area contributed by atoms with Crippen LogP contribution >= 0.6 is 11.5 Å². The smallest absolute Gasteiger partial charge is 0.0712 e. The van der Waals surface area contributed by atoms with Crippen molar-refractivity contribution in [3.63, 3.8) is 0 Å². The topological polar surface area (TPSA) is 48.1 Å². The minimum atomic E-state index is 0.0835. The molecule has 1 aliphatic heterocycles. The van der Waals surface area contributed by atoms with Crippen molar-refractivity contribution in [2.45, 2.75) is 19.4 Å². The van der Waals surface area contributed by atoms with Gasteiger partial charge in [0.15, 0.2) is 0 Å². The average molecular weight is 212 g/mol. The third-order valence-corrected chi connectivity index (χ3v) is 3.54. The summed E-state index contributed by atoms with van der Waals surface area (Å²) in [6.07, 6.45) is 1.06. The lowest BCUT2D eigenvalue weighted by Crippen LogP contribution is -2.34. The molecule has 4 heteroatoms. The van der Waals surface area contributed by atoms with E-state index in [-0.39, 0.29) is 6.04 Å². The summed E-state index contributed by atoms with van der Waals surface area (Å²) in [5.41, 5.74) is 7.23. The van der Waals surface area contributed by atoms with Crippen molar-refractivity contribution in [1.82, 2.24) is 4.37 Å². The summed E-state index contributed by atoms with van der Waals surface area (Å²) in [6, 6.07) is 2.11. The standard InChI is InChI=1S/C10H16N2OS/c1-7-6-13-4-2-8(7)10(11)9-3-5-14-12-9/h3,5,7-8,10H,2,4,6,11H2,1H3. The summed E-state index contributed by atoms with van der Waals surface area (Å²) < 4.78 is 9.71. The van der Waals surface area contributed by atoms with Crippen molar-refractivity contribution < 1.29 is 4.74 Å². The van der Waals surface area contributed by atoms with Crippen LogP contribution in [0.5, 0.6) is 0 Å². The highest BCUT2D eigenvalue weighted by molar-refractivity contribution is 7.03. The van der Waals surface area contributed by atoms with Crippen LogP contribution in [0.2, 0.25) is 0 Å². The minimum absolute atomic E-state index is 0.0835. The van der Waals surface area contributed by atoms with E-state index in [1.165, 1.54) is 11.5 Å². The van der Waals surface area contributed by atoms with Gasteiger partial charge in [-0.25, -0.2) is 0 Å². The van der Waals surface area contributed by atoms with Crippen molar-refractivity contribution >= 4 is 11.5 Å². The predicted molar refractivity (Wildman–Crippen MR) is 57.1 cm³/mol. The Morgan fingerprint density at radius 1 is 1.71 bits per heavy atom. The Morgan fingerprint density at radius 3 is 3.21 bits per heavy atom. The van der Waals surface area contributed by atoms with Crippen molar-refractivity contribution in [2.75, 3.05) is 13.2 Å². The first-order valence-corrected chi connectivity index (χ1v) is 5.86. The lowest BCUT2D eigenvalue weighted by molar-refractivity contribution is 0.0151. The summed E-state index contributed by atoms with van der Waals surface area (Å²) >= 11 is 1.47. The second-order valence-corrected chi connectivity index (χ2v) is 4.62. The Balaban J connectivity index is 2.06. The monoisotopic (exact) mass is 212 g/mol. The Morgan fingerprint density at radius 2 is 2.57 bits per heavy atom. The molecule has 1 saturated heterocycles. The molecule has 0 bridgehead atoms. The largest absolute Gasteiger partial charge is 0.381 e. The number of rotatable bonds is 2. The van der Waals surface area contributed by atoms with Gasteiger partial charge in [0.2, 0.25) is 0 Å². The molecule has 1 aromatic rings. The highest BCUT2D eigenvalue weighted by atomic mass is 32.1. The fourth-order valence-electron chi connectivity index (χ4n) is 2.04. The number of hydrogen-bond donors (Lipinski definition) is 1. The summed E-state index contributed by atoms with van der Waals surface area (Å²) in [4.78, 5) is 0. The molecule has 14 heavy (non-hydrogen) atoms. The van der Waals surface area contributed by atoms with E-state index in [1.54, 1.807) is 0 Å². The molecule has 0 amide bonds. The van der Waals surface area contributed by atoms with Gasteiger partial charge in [0, 0.05) is 18.6 Å². The van der Waals surface area contributed by atoms with Gasteiger partial charge in [0.05, 0.1) is 11.7 Å². The second kappa shape index (κ2) is 4.38. The Kier molecular flexibility index (Phi) is 3.15. The summed E-state index contributed by atoms with van der Waals surface area (Å²) in [5.74, 6) is 1.06. The van der Waals surface area contributed by atoms with Crippen molar-refractivity contribution in [3.8, 4) is 0 Å². The van der Waals surface area contributed by atoms with Crippen LogP contribution in [0.4, 0.5) is 0 Å². The van der Waals surface area contributed by atoms with Gasteiger partial charge in [-0.2, -0.15) is 4.37 Å². The zero-order valence-corrected chi connectivity index (χ0v) is 9.17. The minimum Gasteiger partial charge on any atom is -0.381 e. The van der Waals surface area contributed by atoms with Crippen LogP contribution in [0.25, 0.3) is 0 Å². The maximum Gasteiger partial charge on any atom is 0.0712 e. The Bertz CT molecular complexity index is 276. The van der Waals surface area contributed by atoms with Gasteiger partial charge in [-0.3, -0.25) is 0 Å². The molecule has 0 aromatic carbocycles. The molecule has 3 unspecified atom stereocenters. The van der Waals surface area contributed by atoms with Gasteiger partial charge in [-0.1, -0.05) is 6.92 Å². The maximum atomic E-state index is 6.19. The Labute approximate surface area is 88.4 Å². The number of nitrogens with two attached hydrogens (primary N) is 1. The molecule has 1 fully saturated rings. The normalized spacial score (nSPS) is 30.1. The van der Waals surface area contributed by atoms with Gasteiger partial charge in [-0.15, -0.1) is 0 Å². The molecule has 0 radical (unpaired) electrons. The van der Waals surface area contributed by atoms with Crippen LogP contribution in [0.3, 0.4) is 0 Å². The fraction of sp³-hybridized carbons (Fsp3) is 0.700. The van der Waals surface area contributed by atoms with Crippen LogP contribution < -0.4 is 5.73 Å². The van der Waals surface area contributed by atoms with E-state index in [2.05, 4.69) is 11.3 Å². The molecule has 3 nitrogen and oxygen atoms in total. The SMILES string of the molecule is CC1COCCC1C(N)c1ccsn1. The van der Waals surface area contributed by atoms with Crippen LogP contribution in [-0.2, 0) is 4.74 Å². The quantitative estimate of drug-likeness (QED) is 0.813. The molecule has 2 rings (SSSR count). The lowest BCUT2D eigenvalue weighted by atomic mass is 9.83. The molecule has 0 saturated carbocycles. The van der Waals surface area contributed by atoms with E-state index >= 15 is 0 Å². The van der Waals surface area contributed by atoms with Gasteiger partial charge < -0.3 is 10.5 Å². The highest BCUT2D eigenvalue weighted by Crippen LogP contribution is 2.31. The lowest BCUT2D eigenvalue weighted by Gasteiger charge is -2.32. The third kappa shape index (κ3) is 1.97. The van der Waals surface area contributed by atoms with E-state index < -0.39 is 0 Å². The van der Waals surface area contributed by atoms with Crippen LogP contribution in [0, 0.1) is 11.8 Å². The Hall–Kier alpha value is -0.450. The number of ether oxygens (including phenoxy) is 1. The molecule has 0 aliphatic carbocycles. The van der Waals surface area contributed by atoms with Gasteiger partial charge in [0.25, 0.3) is 0 Å². The first kappa shape index (κ1) is 10.1.